The molecular weight excluding hydrogens is 385 g/mol. The van der Waals surface area contributed by atoms with Gasteiger partial charge in [0.05, 0.1) is 24.8 Å². The Balaban J connectivity index is 1.63. The molecule has 0 aliphatic carbocycles. The lowest BCUT2D eigenvalue weighted by Gasteiger charge is -2.22. The number of methoxy groups -OCH3 is 1. The number of furan rings is 1. The van der Waals surface area contributed by atoms with E-state index >= 15 is 0 Å². The smallest absolute Gasteiger partial charge is 0.497 e. The molecule has 0 N–H and O–H groups in total. The van der Waals surface area contributed by atoms with Gasteiger partial charge in [0.2, 0.25) is 0 Å². The van der Waals surface area contributed by atoms with Crippen molar-refractivity contribution in [2.75, 3.05) is 12.1 Å². The minimum absolute atomic E-state index is 0.167. The number of benzene rings is 2. The highest BCUT2D eigenvalue weighted by atomic mass is 19.4. The van der Waals surface area contributed by atoms with E-state index in [0.29, 0.717) is 12.0 Å². The van der Waals surface area contributed by atoms with Crippen LogP contribution in [0.1, 0.15) is 23.8 Å². The number of anilines is 1. The number of hydrogen-bond donors (Lipinski definition) is 0. The Morgan fingerprint density at radius 2 is 1.69 bits per heavy atom. The van der Waals surface area contributed by atoms with Gasteiger partial charge in [-0.2, -0.15) is 5.10 Å². The molecule has 3 aromatic rings. The summed E-state index contributed by atoms with van der Waals surface area (Å²) in [6.45, 7) is 0. The molecule has 1 unspecified atom stereocenters. The number of hydrazone groups is 1. The second-order valence-electron chi connectivity index (χ2n) is 6.40. The molecule has 1 aliphatic rings. The molecule has 0 radical (unpaired) electrons. The molecule has 0 bridgehead atoms. The molecule has 4 rings (SSSR count). The molecule has 1 aromatic heterocycles. The zero-order valence-electron chi connectivity index (χ0n) is 15.4. The van der Waals surface area contributed by atoms with Gasteiger partial charge in [-0.25, -0.2) is 0 Å². The van der Waals surface area contributed by atoms with E-state index in [1.54, 1.807) is 25.5 Å². The molecule has 0 saturated heterocycles. The number of hydrogen-bond acceptors (Lipinski definition) is 5. The molecule has 1 aliphatic heterocycles. The zero-order chi connectivity index (χ0) is 20.4. The molecule has 0 amide bonds. The van der Waals surface area contributed by atoms with Crippen molar-refractivity contribution in [3.8, 4) is 11.5 Å². The normalized spacial score (nSPS) is 16.6. The number of ether oxygens (including phenoxy) is 2. The maximum atomic E-state index is 12.4. The highest BCUT2D eigenvalue weighted by Gasteiger charge is 2.33. The van der Waals surface area contributed by atoms with Crippen molar-refractivity contribution in [1.29, 1.82) is 0 Å². The first-order valence-electron chi connectivity index (χ1n) is 8.83. The van der Waals surface area contributed by atoms with Gasteiger partial charge in [-0.15, -0.1) is 13.2 Å². The molecule has 2 aromatic carbocycles. The van der Waals surface area contributed by atoms with Crippen molar-refractivity contribution >= 4 is 11.4 Å². The first-order chi connectivity index (χ1) is 13.9. The molecular formula is C21H17F3N2O3. The Morgan fingerprint density at radius 3 is 2.28 bits per heavy atom. The van der Waals surface area contributed by atoms with Gasteiger partial charge in [-0.1, -0.05) is 0 Å². The van der Waals surface area contributed by atoms with Crippen molar-refractivity contribution in [3.63, 3.8) is 0 Å². The van der Waals surface area contributed by atoms with Crippen molar-refractivity contribution in [2.45, 2.75) is 18.8 Å². The van der Waals surface area contributed by atoms with Crippen molar-refractivity contribution in [1.82, 2.24) is 0 Å². The fourth-order valence-corrected chi connectivity index (χ4v) is 3.21. The van der Waals surface area contributed by atoms with Gasteiger partial charge in [-0.3, -0.25) is 5.01 Å². The molecule has 29 heavy (non-hydrogen) atoms. The molecule has 1 atom stereocenters. The highest BCUT2D eigenvalue weighted by molar-refractivity contribution is 6.03. The number of halogens is 3. The number of nitrogens with zero attached hydrogens (tertiary/aromatic N) is 2. The molecule has 0 saturated carbocycles. The van der Waals surface area contributed by atoms with E-state index in [0.717, 1.165) is 22.9 Å². The second-order valence-corrected chi connectivity index (χ2v) is 6.40. The maximum Gasteiger partial charge on any atom is 0.573 e. The summed E-state index contributed by atoms with van der Waals surface area (Å²) in [4.78, 5) is 0. The molecule has 0 spiro atoms. The first-order valence-corrected chi connectivity index (χ1v) is 8.83. The summed E-state index contributed by atoms with van der Waals surface area (Å²) in [5.41, 5.74) is 2.30. The number of alkyl halides is 3. The summed E-state index contributed by atoms with van der Waals surface area (Å²) in [6, 6.07) is 16.7. The Bertz CT molecular complexity index is 982. The minimum Gasteiger partial charge on any atom is -0.497 e. The van der Waals surface area contributed by atoms with Crippen molar-refractivity contribution in [3.05, 3.63) is 78.3 Å². The van der Waals surface area contributed by atoms with Gasteiger partial charge in [-0.05, 0) is 66.2 Å². The summed E-state index contributed by atoms with van der Waals surface area (Å²) < 4.78 is 51.8. The van der Waals surface area contributed by atoms with Gasteiger partial charge in [0.1, 0.15) is 23.3 Å². The fourth-order valence-electron chi connectivity index (χ4n) is 3.21. The van der Waals surface area contributed by atoms with E-state index in [9.17, 15) is 13.2 Å². The van der Waals surface area contributed by atoms with Crippen LogP contribution in [0.4, 0.5) is 18.9 Å². The second kappa shape index (κ2) is 7.54. The quantitative estimate of drug-likeness (QED) is 0.562. The van der Waals surface area contributed by atoms with Gasteiger partial charge in [0.15, 0.2) is 0 Å². The van der Waals surface area contributed by atoms with Crippen LogP contribution in [0.5, 0.6) is 11.5 Å². The molecule has 0 fully saturated rings. The summed E-state index contributed by atoms with van der Waals surface area (Å²) in [6.07, 6.45) is -2.58. The van der Waals surface area contributed by atoms with Crippen LogP contribution in [0.2, 0.25) is 0 Å². The van der Waals surface area contributed by atoms with E-state index in [-0.39, 0.29) is 11.8 Å². The fraction of sp³-hybridized carbons (Fsp3) is 0.190. The Kier molecular flexibility index (Phi) is 4.92. The van der Waals surface area contributed by atoms with Crippen LogP contribution < -0.4 is 14.5 Å². The summed E-state index contributed by atoms with van der Waals surface area (Å²) in [7, 11) is 1.60. The van der Waals surface area contributed by atoms with Crippen LogP contribution in [0.25, 0.3) is 0 Å². The summed E-state index contributed by atoms with van der Waals surface area (Å²) in [5, 5.41) is 6.55. The van der Waals surface area contributed by atoms with Gasteiger partial charge >= 0.3 is 6.36 Å². The Labute approximate surface area is 165 Å². The molecule has 5 nitrogen and oxygen atoms in total. The van der Waals surface area contributed by atoms with E-state index in [2.05, 4.69) is 4.74 Å². The van der Waals surface area contributed by atoms with Crippen molar-refractivity contribution < 1.29 is 27.1 Å². The van der Waals surface area contributed by atoms with Crippen LogP contribution in [-0.4, -0.2) is 19.2 Å². The van der Waals surface area contributed by atoms with Crippen LogP contribution >= 0.6 is 0 Å². The predicted octanol–water partition coefficient (Wildman–Crippen LogP) is 5.54. The van der Waals surface area contributed by atoms with Crippen LogP contribution in [0, 0.1) is 0 Å². The molecule has 150 valence electrons. The standard InChI is InChI=1S/C21H17F3N2O3/c1-27-16-10-6-15(7-11-16)26-19(20-3-2-12-28-20)13-18(25-26)14-4-8-17(9-5-14)29-21(22,23)24/h2-12,19H,13H2,1H3. The van der Waals surface area contributed by atoms with Gasteiger partial charge in [0.25, 0.3) is 0 Å². The average Bonchev–Trinajstić information content (AvgIpc) is 3.37. The monoisotopic (exact) mass is 402 g/mol. The minimum atomic E-state index is -4.72. The number of rotatable bonds is 5. The zero-order valence-corrected chi connectivity index (χ0v) is 15.4. The SMILES string of the molecule is COc1ccc(N2N=C(c3ccc(OC(F)(F)F)cc3)CC2c2ccco2)cc1. The average molecular weight is 402 g/mol. The topological polar surface area (TPSA) is 47.2 Å². The molecule has 8 heteroatoms. The Hall–Kier alpha value is -3.42. The molecule has 2 heterocycles. The first kappa shape index (κ1) is 18.9. The third-order valence-electron chi connectivity index (χ3n) is 4.54. The lowest BCUT2D eigenvalue weighted by atomic mass is 10.0. The highest BCUT2D eigenvalue weighted by Crippen LogP contribution is 2.37. The lowest BCUT2D eigenvalue weighted by molar-refractivity contribution is -0.274. The van der Waals surface area contributed by atoms with Crippen LogP contribution in [0.3, 0.4) is 0 Å². The van der Waals surface area contributed by atoms with E-state index in [1.165, 1.54) is 12.1 Å². The summed E-state index contributed by atoms with van der Waals surface area (Å²) >= 11 is 0. The third-order valence-corrected chi connectivity index (χ3v) is 4.54. The summed E-state index contributed by atoms with van der Waals surface area (Å²) in [5.74, 6) is 1.21. The van der Waals surface area contributed by atoms with E-state index in [1.807, 2.05) is 41.4 Å². The van der Waals surface area contributed by atoms with Crippen LogP contribution in [0.15, 0.2) is 76.4 Å². The van der Waals surface area contributed by atoms with Crippen LogP contribution in [-0.2, 0) is 0 Å². The van der Waals surface area contributed by atoms with Gasteiger partial charge < -0.3 is 13.9 Å². The largest absolute Gasteiger partial charge is 0.573 e. The Morgan fingerprint density at radius 1 is 1.00 bits per heavy atom. The van der Waals surface area contributed by atoms with Crippen molar-refractivity contribution in [2.24, 2.45) is 5.10 Å². The predicted molar refractivity (Wildman–Crippen MR) is 101 cm³/mol. The van der Waals surface area contributed by atoms with Gasteiger partial charge in [0, 0.05) is 6.42 Å². The van der Waals surface area contributed by atoms with E-state index < -0.39 is 6.36 Å². The third kappa shape index (κ3) is 4.21. The maximum absolute atomic E-state index is 12.4. The van der Waals surface area contributed by atoms with E-state index in [4.69, 9.17) is 14.3 Å². The lowest BCUT2D eigenvalue weighted by Crippen LogP contribution is -2.17.